The van der Waals surface area contributed by atoms with Crippen molar-refractivity contribution in [1.29, 1.82) is 0 Å². The number of hydrogen-bond acceptors (Lipinski definition) is 4. The Labute approximate surface area is 133 Å². The summed E-state index contributed by atoms with van der Waals surface area (Å²) in [5, 5.41) is 0. The van der Waals surface area contributed by atoms with Crippen LogP contribution in [-0.4, -0.2) is 27.4 Å². The largest absolute Gasteiger partial charge is 0.598 e. The van der Waals surface area contributed by atoms with E-state index in [-0.39, 0.29) is 10.8 Å². The number of halogens is 1. The van der Waals surface area contributed by atoms with Crippen molar-refractivity contribution in [3.63, 3.8) is 0 Å². The molecule has 0 saturated heterocycles. The summed E-state index contributed by atoms with van der Waals surface area (Å²) in [4.78, 5) is 4.44. The Morgan fingerprint density at radius 1 is 1.45 bits per heavy atom. The molecule has 114 valence electrons. The van der Waals surface area contributed by atoms with Crippen LogP contribution in [0, 0.1) is 0 Å². The van der Waals surface area contributed by atoms with Crippen LogP contribution in [0.1, 0.15) is 39.8 Å². The van der Waals surface area contributed by atoms with Crippen molar-refractivity contribution in [3.8, 4) is 5.88 Å². The number of nitrogens with zero attached hydrogens (tertiary/aromatic N) is 1. The number of rotatable bonds is 6. The third kappa shape index (κ3) is 5.24. The lowest BCUT2D eigenvalue weighted by atomic mass is 10.1. The van der Waals surface area contributed by atoms with E-state index in [1.807, 2.05) is 32.9 Å². The van der Waals surface area contributed by atoms with E-state index in [1.165, 1.54) is 0 Å². The topological polar surface area (TPSA) is 57.2 Å². The molecule has 0 spiro atoms. The second kappa shape index (κ2) is 7.64. The zero-order valence-electron chi connectivity index (χ0n) is 12.7. The molecule has 0 amide bonds. The van der Waals surface area contributed by atoms with Gasteiger partial charge in [0.15, 0.2) is 0 Å². The normalized spacial score (nSPS) is 14.9. The number of ether oxygens (including phenoxy) is 1. The van der Waals surface area contributed by atoms with E-state index in [2.05, 4.69) is 32.6 Å². The molecule has 2 atom stereocenters. The first kappa shape index (κ1) is 17.8. The van der Waals surface area contributed by atoms with E-state index in [4.69, 9.17) is 4.74 Å². The van der Waals surface area contributed by atoms with Crippen molar-refractivity contribution in [2.75, 3.05) is 7.11 Å². The first-order valence-electron chi connectivity index (χ1n) is 6.65. The first-order valence-corrected chi connectivity index (χ1v) is 8.59. The first-order chi connectivity index (χ1) is 9.27. The van der Waals surface area contributed by atoms with E-state index >= 15 is 0 Å². The average Bonchev–Trinajstić information content (AvgIpc) is 2.39. The molecule has 1 aromatic heterocycles. The molecule has 1 rings (SSSR count). The molecule has 1 aromatic rings. The van der Waals surface area contributed by atoms with E-state index in [0.29, 0.717) is 12.3 Å². The van der Waals surface area contributed by atoms with Crippen LogP contribution < -0.4 is 9.46 Å². The Kier molecular flexibility index (Phi) is 6.78. The molecule has 0 radical (unpaired) electrons. The van der Waals surface area contributed by atoms with Crippen LogP contribution in [0.2, 0.25) is 0 Å². The minimum Gasteiger partial charge on any atom is -0.598 e. The summed E-state index contributed by atoms with van der Waals surface area (Å²) >= 11 is 2.42. The van der Waals surface area contributed by atoms with Gasteiger partial charge in [0, 0.05) is 28.3 Å². The molecule has 0 saturated carbocycles. The summed E-state index contributed by atoms with van der Waals surface area (Å²) < 4.78 is 21.2. The lowest BCUT2D eigenvalue weighted by Gasteiger charge is -2.27. The molecule has 2 unspecified atom stereocenters. The van der Waals surface area contributed by atoms with Crippen molar-refractivity contribution in [1.82, 2.24) is 9.71 Å². The van der Waals surface area contributed by atoms with Crippen LogP contribution in [-0.2, 0) is 17.8 Å². The lowest BCUT2D eigenvalue weighted by molar-refractivity contribution is 0.395. The summed E-state index contributed by atoms with van der Waals surface area (Å²) in [6.07, 6.45) is 1.59. The molecule has 1 N–H and O–H groups in total. The van der Waals surface area contributed by atoms with Crippen LogP contribution in [0.15, 0.2) is 16.6 Å². The van der Waals surface area contributed by atoms with Gasteiger partial charge < -0.3 is 9.29 Å². The maximum Gasteiger partial charge on any atom is 0.213 e. The summed E-state index contributed by atoms with van der Waals surface area (Å²) in [7, 11) is 1.60. The van der Waals surface area contributed by atoms with Gasteiger partial charge in [-0.15, -0.1) is 4.72 Å². The van der Waals surface area contributed by atoms with Gasteiger partial charge in [0.2, 0.25) is 5.88 Å². The highest BCUT2D eigenvalue weighted by atomic mass is 79.9. The van der Waals surface area contributed by atoms with Crippen LogP contribution in [0.25, 0.3) is 0 Å². The third-order valence-corrected chi connectivity index (χ3v) is 5.25. The van der Waals surface area contributed by atoms with Gasteiger partial charge in [-0.3, -0.25) is 0 Å². The number of methoxy groups -OCH3 is 1. The Hall–Kier alpha value is -0.300. The molecule has 20 heavy (non-hydrogen) atoms. The molecule has 0 bridgehead atoms. The van der Waals surface area contributed by atoms with Crippen molar-refractivity contribution in [2.24, 2.45) is 0 Å². The highest BCUT2D eigenvalue weighted by Gasteiger charge is 2.29. The molecule has 0 aromatic carbocycles. The zero-order valence-corrected chi connectivity index (χ0v) is 15.1. The molecule has 0 aliphatic carbocycles. The van der Waals surface area contributed by atoms with E-state index in [0.717, 1.165) is 16.6 Å². The average molecular weight is 363 g/mol. The highest BCUT2D eigenvalue weighted by Crippen LogP contribution is 2.21. The van der Waals surface area contributed by atoms with Crippen LogP contribution in [0.3, 0.4) is 0 Å². The predicted molar refractivity (Wildman–Crippen MR) is 87.3 cm³/mol. The second-order valence-electron chi connectivity index (χ2n) is 5.59. The second-order valence-corrected chi connectivity index (χ2v) is 8.44. The van der Waals surface area contributed by atoms with Gasteiger partial charge in [0.25, 0.3) is 0 Å². The zero-order chi connectivity index (χ0) is 15.3. The summed E-state index contributed by atoms with van der Waals surface area (Å²) in [6, 6.07) is 3.86. The smallest absolute Gasteiger partial charge is 0.213 e. The Balaban J connectivity index is 2.78. The minimum absolute atomic E-state index is 0.117. The molecule has 0 aliphatic rings. The summed E-state index contributed by atoms with van der Waals surface area (Å²) in [6.45, 7) is 7.96. The van der Waals surface area contributed by atoms with Gasteiger partial charge in [-0.1, -0.05) is 6.92 Å². The quantitative estimate of drug-likeness (QED) is 0.789. The van der Waals surface area contributed by atoms with E-state index in [9.17, 15) is 4.55 Å². The Bertz CT molecular complexity index is 438. The molecule has 0 fully saturated rings. The molecule has 1 heterocycles. The van der Waals surface area contributed by atoms with Crippen LogP contribution in [0.5, 0.6) is 5.88 Å². The minimum atomic E-state index is -1.08. The van der Waals surface area contributed by atoms with Gasteiger partial charge in [-0.2, -0.15) is 0 Å². The third-order valence-electron chi connectivity index (χ3n) is 2.86. The highest BCUT2D eigenvalue weighted by molar-refractivity contribution is 9.10. The molecule has 0 aliphatic heterocycles. The van der Waals surface area contributed by atoms with E-state index < -0.39 is 11.4 Å². The van der Waals surface area contributed by atoms with Crippen LogP contribution >= 0.6 is 15.9 Å². The van der Waals surface area contributed by atoms with Gasteiger partial charge in [0.05, 0.1) is 18.8 Å². The van der Waals surface area contributed by atoms with Gasteiger partial charge in [-0.25, -0.2) is 4.98 Å². The van der Waals surface area contributed by atoms with Gasteiger partial charge in [0.1, 0.15) is 4.75 Å². The molecular weight excluding hydrogens is 340 g/mol. The number of nitrogens with one attached hydrogen (secondary N) is 1. The standard InChI is InChI=1S/C14H23BrN2O2S/c1-6-10(17-20(18)14(2,3)4)9-12-11(15)7-8-13(16-12)19-5/h7-8,10,17H,6,9H2,1-5H3. The van der Waals surface area contributed by atoms with Crippen molar-refractivity contribution < 1.29 is 9.29 Å². The number of hydrogen-bond donors (Lipinski definition) is 1. The monoisotopic (exact) mass is 362 g/mol. The SMILES string of the molecule is CCC(Cc1nc(OC)ccc1Br)N[S+]([O-])C(C)(C)C. The molecular formula is C14H23BrN2O2S. The number of pyridine rings is 1. The molecule has 6 heteroatoms. The Morgan fingerprint density at radius 2 is 2.10 bits per heavy atom. The fraction of sp³-hybridized carbons (Fsp3) is 0.643. The van der Waals surface area contributed by atoms with Crippen molar-refractivity contribution in [2.45, 2.75) is 51.3 Å². The number of aromatic nitrogens is 1. The van der Waals surface area contributed by atoms with E-state index in [1.54, 1.807) is 7.11 Å². The fourth-order valence-electron chi connectivity index (χ4n) is 1.55. The van der Waals surface area contributed by atoms with Gasteiger partial charge >= 0.3 is 0 Å². The maximum atomic E-state index is 12.2. The fourth-order valence-corrected chi connectivity index (χ4v) is 2.84. The summed E-state index contributed by atoms with van der Waals surface area (Å²) in [5.74, 6) is 0.593. The van der Waals surface area contributed by atoms with Crippen LogP contribution in [0.4, 0.5) is 0 Å². The Morgan fingerprint density at radius 3 is 2.60 bits per heavy atom. The van der Waals surface area contributed by atoms with Crippen molar-refractivity contribution >= 4 is 27.3 Å². The maximum absolute atomic E-state index is 12.2. The lowest BCUT2D eigenvalue weighted by Crippen LogP contribution is -2.45. The van der Waals surface area contributed by atoms with Crippen molar-refractivity contribution in [3.05, 3.63) is 22.3 Å². The molecule has 4 nitrogen and oxygen atoms in total. The van der Waals surface area contributed by atoms with Gasteiger partial charge in [-0.05, 0) is 49.2 Å². The summed E-state index contributed by atoms with van der Waals surface area (Å²) in [5.41, 5.74) is 0.912. The predicted octanol–water partition coefficient (Wildman–Crippen LogP) is 3.23.